The Morgan fingerprint density at radius 2 is 1.92 bits per heavy atom. The summed E-state index contributed by atoms with van der Waals surface area (Å²) in [4.78, 5) is 18.8. The van der Waals surface area contributed by atoms with Crippen molar-refractivity contribution in [1.29, 1.82) is 0 Å². The molecule has 136 valence electrons. The Balaban J connectivity index is 1.47. The fourth-order valence-corrected chi connectivity index (χ4v) is 4.20. The van der Waals surface area contributed by atoms with Crippen molar-refractivity contribution in [3.8, 4) is 0 Å². The molecule has 0 aromatic rings. The molecule has 3 aliphatic rings. The topological polar surface area (TPSA) is 56.2 Å². The number of carbonyl (C=O) groups excluding carboxylic acids is 1. The van der Waals surface area contributed by atoms with Crippen molar-refractivity contribution in [2.45, 2.75) is 43.9 Å². The van der Waals surface area contributed by atoms with Gasteiger partial charge in [0.1, 0.15) is 0 Å². The van der Waals surface area contributed by atoms with E-state index in [1.54, 1.807) is 11.0 Å². The first-order chi connectivity index (χ1) is 11.7. The van der Waals surface area contributed by atoms with Gasteiger partial charge in [0.05, 0.1) is 25.4 Å². The van der Waals surface area contributed by atoms with Gasteiger partial charge >= 0.3 is 0 Å². The zero-order valence-corrected chi connectivity index (χ0v) is 14.8. The molecule has 0 aromatic heterocycles. The van der Waals surface area contributed by atoms with Gasteiger partial charge in [-0.2, -0.15) is 0 Å². The zero-order chi connectivity index (χ0) is 16.9. The molecule has 0 aromatic carbocycles. The van der Waals surface area contributed by atoms with Crippen LogP contribution < -0.4 is 0 Å². The second-order valence-corrected chi connectivity index (χ2v) is 7.21. The summed E-state index contributed by atoms with van der Waals surface area (Å²) in [5, 5.41) is 10.7. The standard InChI is InChI=1S/C18H31N3O3/c1-19(17(22)5-4-8-20-11-13-24-14-12-20)15-6-7-16(18(15)23)21-9-2-3-10-21/h4-5,15-16,18,23H,2-3,6-14H2,1H3/b5-4+/t15-,16-,18-/m1/s1. The molecule has 3 rings (SSSR count). The maximum absolute atomic E-state index is 12.4. The van der Waals surface area contributed by atoms with E-state index in [0.29, 0.717) is 0 Å². The number of likely N-dealkylation sites (tertiary alicyclic amines) is 1. The first-order valence-electron chi connectivity index (χ1n) is 9.32. The molecule has 1 N–H and O–H groups in total. The highest BCUT2D eigenvalue weighted by molar-refractivity contribution is 5.87. The monoisotopic (exact) mass is 337 g/mol. The van der Waals surface area contributed by atoms with Crippen LogP contribution in [0.5, 0.6) is 0 Å². The van der Waals surface area contributed by atoms with Gasteiger partial charge in [-0.05, 0) is 38.8 Å². The summed E-state index contributed by atoms with van der Waals surface area (Å²) in [5.74, 6) is -0.00520. The van der Waals surface area contributed by atoms with Gasteiger partial charge in [-0.3, -0.25) is 14.6 Å². The summed E-state index contributed by atoms with van der Waals surface area (Å²) >= 11 is 0. The number of aliphatic hydroxyl groups excluding tert-OH is 1. The minimum absolute atomic E-state index is 0.00520. The van der Waals surface area contributed by atoms with E-state index in [9.17, 15) is 9.90 Å². The predicted molar refractivity (Wildman–Crippen MR) is 92.8 cm³/mol. The van der Waals surface area contributed by atoms with E-state index in [-0.39, 0.29) is 18.0 Å². The van der Waals surface area contributed by atoms with Crippen LogP contribution in [0.2, 0.25) is 0 Å². The number of hydrogen-bond acceptors (Lipinski definition) is 5. The van der Waals surface area contributed by atoms with Gasteiger partial charge < -0.3 is 14.7 Å². The molecule has 3 atom stereocenters. The summed E-state index contributed by atoms with van der Waals surface area (Å²) in [6.45, 7) is 6.35. The summed E-state index contributed by atoms with van der Waals surface area (Å²) in [6.07, 6.45) is 7.50. The van der Waals surface area contributed by atoms with E-state index >= 15 is 0 Å². The molecule has 3 fully saturated rings. The number of ether oxygens (including phenoxy) is 1. The number of hydrogen-bond donors (Lipinski definition) is 1. The van der Waals surface area contributed by atoms with Crippen LogP contribution in [0.25, 0.3) is 0 Å². The zero-order valence-electron chi connectivity index (χ0n) is 14.8. The third-order valence-electron chi connectivity index (χ3n) is 5.73. The number of morpholine rings is 1. The Labute approximate surface area is 145 Å². The van der Waals surface area contributed by atoms with Crippen molar-refractivity contribution in [3.05, 3.63) is 12.2 Å². The average Bonchev–Trinajstić information content (AvgIpc) is 3.24. The molecule has 1 aliphatic carbocycles. The number of nitrogens with zero attached hydrogens (tertiary/aromatic N) is 3. The molecular weight excluding hydrogens is 306 g/mol. The third-order valence-corrected chi connectivity index (χ3v) is 5.73. The van der Waals surface area contributed by atoms with Crippen LogP contribution in [0.4, 0.5) is 0 Å². The van der Waals surface area contributed by atoms with Crippen molar-refractivity contribution < 1.29 is 14.6 Å². The van der Waals surface area contributed by atoms with Gasteiger partial charge in [0.15, 0.2) is 0 Å². The van der Waals surface area contributed by atoms with Gasteiger partial charge in [-0.15, -0.1) is 0 Å². The maximum Gasteiger partial charge on any atom is 0.246 e. The molecule has 2 aliphatic heterocycles. The largest absolute Gasteiger partial charge is 0.389 e. The van der Waals surface area contributed by atoms with E-state index in [4.69, 9.17) is 4.74 Å². The lowest BCUT2D eigenvalue weighted by Gasteiger charge is -2.31. The summed E-state index contributed by atoms with van der Waals surface area (Å²) < 4.78 is 5.32. The third kappa shape index (κ3) is 4.17. The molecule has 24 heavy (non-hydrogen) atoms. The van der Waals surface area contributed by atoms with Gasteiger partial charge in [-0.25, -0.2) is 0 Å². The molecule has 6 nitrogen and oxygen atoms in total. The lowest BCUT2D eigenvalue weighted by molar-refractivity contribution is -0.128. The lowest BCUT2D eigenvalue weighted by Crippen LogP contribution is -2.48. The second kappa shape index (κ2) is 8.43. The smallest absolute Gasteiger partial charge is 0.246 e. The Bertz CT molecular complexity index is 445. The molecule has 6 heteroatoms. The van der Waals surface area contributed by atoms with Gasteiger partial charge in [0.25, 0.3) is 0 Å². The minimum atomic E-state index is -0.426. The van der Waals surface area contributed by atoms with Crippen LogP contribution >= 0.6 is 0 Å². The van der Waals surface area contributed by atoms with Crippen molar-refractivity contribution in [3.63, 3.8) is 0 Å². The Kier molecular flexibility index (Phi) is 6.27. The molecule has 0 unspecified atom stereocenters. The average molecular weight is 337 g/mol. The normalized spacial score (nSPS) is 32.7. The van der Waals surface area contributed by atoms with Crippen molar-refractivity contribution in [2.24, 2.45) is 0 Å². The predicted octanol–water partition coefficient (Wildman–Crippen LogP) is 0.321. The van der Waals surface area contributed by atoms with Crippen LogP contribution in [0, 0.1) is 0 Å². The summed E-state index contributed by atoms with van der Waals surface area (Å²) in [7, 11) is 1.82. The number of amides is 1. The number of likely N-dealkylation sites (N-methyl/N-ethyl adjacent to an activating group) is 1. The van der Waals surface area contributed by atoms with Crippen LogP contribution in [0.3, 0.4) is 0 Å². The van der Waals surface area contributed by atoms with Crippen LogP contribution in [0.15, 0.2) is 12.2 Å². The van der Waals surface area contributed by atoms with E-state index in [2.05, 4.69) is 9.80 Å². The van der Waals surface area contributed by atoms with E-state index in [1.165, 1.54) is 12.8 Å². The van der Waals surface area contributed by atoms with Crippen LogP contribution in [-0.2, 0) is 9.53 Å². The highest BCUT2D eigenvalue weighted by Gasteiger charge is 2.41. The van der Waals surface area contributed by atoms with Crippen LogP contribution in [-0.4, -0.2) is 96.9 Å². The van der Waals surface area contributed by atoms with Gasteiger partial charge in [0.2, 0.25) is 5.91 Å². The quantitative estimate of drug-likeness (QED) is 0.733. The Morgan fingerprint density at radius 3 is 2.62 bits per heavy atom. The Morgan fingerprint density at radius 1 is 1.21 bits per heavy atom. The molecule has 0 spiro atoms. The van der Waals surface area contributed by atoms with Crippen LogP contribution in [0.1, 0.15) is 25.7 Å². The molecule has 0 radical (unpaired) electrons. The fraction of sp³-hybridized carbons (Fsp3) is 0.833. The Hall–Kier alpha value is -0.950. The van der Waals surface area contributed by atoms with Crippen molar-refractivity contribution in [1.82, 2.24) is 14.7 Å². The molecule has 2 heterocycles. The number of carbonyl (C=O) groups is 1. The van der Waals surface area contributed by atoms with Gasteiger partial charge in [-0.1, -0.05) is 6.08 Å². The van der Waals surface area contributed by atoms with E-state index in [0.717, 1.165) is 58.8 Å². The molecule has 1 amide bonds. The lowest BCUT2D eigenvalue weighted by atomic mass is 10.1. The fourth-order valence-electron chi connectivity index (χ4n) is 4.20. The summed E-state index contributed by atoms with van der Waals surface area (Å²) in [5.41, 5.74) is 0. The molecule has 1 saturated carbocycles. The second-order valence-electron chi connectivity index (χ2n) is 7.21. The SMILES string of the molecule is CN(C(=O)/C=C/CN1CCOCC1)[C@@H]1CC[C@@H](N2CCCC2)[C@@H]1O. The molecule has 0 bridgehead atoms. The first kappa shape index (κ1) is 17.9. The maximum atomic E-state index is 12.4. The van der Waals surface area contributed by atoms with Crippen molar-refractivity contribution >= 4 is 5.91 Å². The van der Waals surface area contributed by atoms with E-state index in [1.807, 2.05) is 13.1 Å². The first-order valence-corrected chi connectivity index (χ1v) is 9.32. The number of aliphatic hydroxyl groups is 1. The molecular formula is C18H31N3O3. The minimum Gasteiger partial charge on any atom is -0.389 e. The molecule has 2 saturated heterocycles. The highest BCUT2D eigenvalue weighted by atomic mass is 16.5. The van der Waals surface area contributed by atoms with Crippen molar-refractivity contribution in [2.75, 3.05) is 53.0 Å². The van der Waals surface area contributed by atoms with Gasteiger partial charge in [0, 0.05) is 38.8 Å². The summed E-state index contributed by atoms with van der Waals surface area (Å²) in [6, 6.07) is 0.168. The van der Waals surface area contributed by atoms with E-state index < -0.39 is 6.10 Å². The number of rotatable bonds is 5. The highest BCUT2D eigenvalue weighted by Crippen LogP contribution is 2.30.